The molecule has 0 amide bonds. The number of hydrogen-bond donors (Lipinski definition) is 0. The molecule has 1 aromatic carbocycles. The van der Waals surface area contributed by atoms with Crippen molar-refractivity contribution in [3.8, 4) is 11.4 Å². The number of aromatic nitrogens is 2. The summed E-state index contributed by atoms with van der Waals surface area (Å²) in [5.74, 6) is 1.77. The average molecular weight is 486 g/mol. The third-order valence-electron chi connectivity index (χ3n) is 6.43. The molecule has 3 heterocycles. The number of ether oxygens (including phenoxy) is 1. The van der Waals surface area contributed by atoms with E-state index in [1.807, 2.05) is 28.8 Å². The summed E-state index contributed by atoms with van der Waals surface area (Å²) in [6, 6.07) is 7.74. The van der Waals surface area contributed by atoms with Gasteiger partial charge in [0.15, 0.2) is 5.16 Å². The fourth-order valence-corrected chi connectivity index (χ4v) is 6.76. The molecule has 0 radical (unpaired) electrons. The number of thiophene rings is 1. The van der Waals surface area contributed by atoms with Gasteiger partial charge in [0, 0.05) is 23.7 Å². The van der Waals surface area contributed by atoms with Gasteiger partial charge in [0.1, 0.15) is 10.6 Å². The summed E-state index contributed by atoms with van der Waals surface area (Å²) in [7, 11) is 1.66. The van der Waals surface area contributed by atoms with E-state index in [4.69, 9.17) is 9.72 Å². The van der Waals surface area contributed by atoms with Crippen molar-refractivity contribution in [2.75, 3.05) is 26.0 Å². The van der Waals surface area contributed by atoms with Crippen molar-refractivity contribution in [1.29, 1.82) is 0 Å². The molecule has 2 aromatic heterocycles. The highest BCUT2D eigenvalue weighted by Crippen LogP contribution is 2.34. The molecule has 3 aromatic rings. The Morgan fingerprint density at radius 1 is 1.09 bits per heavy atom. The van der Waals surface area contributed by atoms with Crippen molar-refractivity contribution < 1.29 is 4.74 Å². The van der Waals surface area contributed by atoms with E-state index in [1.165, 1.54) is 42.5 Å². The highest BCUT2D eigenvalue weighted by atomic mass is 32.2. The van der Waals surface area contributed by atoms with E-state index in [1.54, 1.807) is 30.2 Å². The second kappa shape index (κ2) is 11.5. The molecule has 7 heteroatoms. The Bertz CT molecular complexity index is 1120. The van der Waals surface area contributed by atoms with Gasteiger partial charge in [0.05, 0.1) is 18.2 Å². The number of methoxy groups -OCH3 is 1. The number of likely N-dealkylation sites (N-methyl/N-ethyl adjacent to an activating group) is 1. The first-order valence-corrected chi connectivity index (χ1v) is 14.0. The number of unbranched alkanes of at least 4 members (excludes halogenated alkanes) is 5. The van der Waals surface area contributed by atoms with Gasteiger partial charge in [-0.05, 0) is 49.2 Å². The molecule has 0 saturated heterocycles. The highest BCUT2D eigenvalue weighted by molar-refractivity contribution is 7.99. The lowest BCUT2D eigenvalue weighted by Gasteiger charge is -2.25. The van der Waals surface area contributed by atoms with Gasteiger partial charge in [-0.25, -0.2) is 4.98 Å². The molecule has 0 spiro atoms. The minimum absolute atomic E-state index is 0.0676. The van der Waals surface area contributed by atoms with Crippen LogP contribution in [0.4, 0.5) is 0 Å². The van der Waals surface area contributed by atoms with E-state index >= 15 is 0 Å². The Hall–Kier alpha value is -1.83. The molecule has 0 bridgehead atoms. The molecule has 0 N–H and O–H groups in total. The van der Waals surface area contributed by atoms with Gasteiger partial charge in [0.25, 0.3) is 5.56 Å². The molecule has 178 valence electrons. The van der Waals surface area contributed by atoms with Crippen molar-refractivity contribution in [3.63, 3.8) is 0 Å². The Morgan fingerprint density at radius 3 is 2.58 bits per heavy atom. The molecular weight excluding hydrogens is 450 g/mol. The summed E-state index contributed by atoms with van der Waals surface area (Å²) in [5.41, 5.74) is 2.14. The largest absolute Gasteiger partial charge is 0.497 e. The van der Waals surface area contributed by atoms with Crippen molar-refractivity contribution in [1.82, 2.24) is 14.5 Å². The first-order valence-electron chi connectivity index (χ1n) is 12.2. The fraction of sp³-hybridized carbons (Fsp3) is 0.538. The Morgan fingerprint density at radius 2 is 1.85 bits per heavy atom. The molecule has 4 rings (SSSR count). The van der Waals surface area contributed by atoms with Crippen LogP contribution in [-0.2, 0) is 13.0 Å². The van der Waals surface area contributed by atoms with Crippen LogP contribution in [0.3, 0.4) is 0 Å². The average Bonchev–Trinajstić information content (AvgIpc) is 3.21. The Kier molecular flexibility index (Phi) is 8.50. The van der Waals surface area contributed by atoms with Crippen LogP contribution >= 0.6 is 23.1 Å². The number of fused-ring (bicyclic) bond motifs is 3. The molecule has 0 aliphatic carbocycles. The molecule has 0 saturated carbocycles. The number of hydrogen-bond acceptors (Lipinski definition) is 6. The number of nitrogens with zero attached hydrogens (tertiary/aromatic N) is 3. The molecule has 0 fully saturated rings. The topological polar surface area (TPSA) is 47.4 Å². The van der Waals surface area contributed by atoms with Crippen molar-refractivity contribution >= 4 is 33.3 Å². The monoisotopic (exact) mass is 485 g/mol. The second-order valence-corrected chi connectivity index (χ2v) is 10.8. The molecular formula is C26H35N3O2S2. The quantitative estimate of drug-likeness (QED) is 0.182. The van der Waals surface area contributed by atoms with E-state index in [0.29, 0.717) is 0 Å². The third kappa shape index (κ3) is 5.47. The molecule has 0 atom stereocenters. The van der Waals surface area contributed by atoms with Crippen molar-refractivity contribution in [3.05, 3.63) is 45.1 Å². The van der Waals surface area contributed by atoms with Gasteiger partial charge in [-0.15, -0.1) is 11.3 Å². The van der Waals surface area contributed by atoms with E-state index in [0.717, 1.165) is 65.0 Å². The van der Waals surface area contributed by atoms with Gasteiger partial charge in [-0.1, -0.05) is 57.7 Å². The summed E-state index contributed by atoms with van der Waals surface area (Å²) in [4.78, 5) is 23.6. The predicted octanol–water partition coefficient (Wildman–Crippen LogP) is 6.29. The highest BCUT2D eigenvalue weighted by Gasteiger charge is 2.25. The first-order chi connectivity index (χ1) is 16.2. The minimum Gasteiger partial charge on any atom is -0.497 e. The van der Waals surface area contributed by atoms with E-state index in [2.05, 4.69) is 18.7 Å². The van der Waals surface area contributed by atoms with Crippen LogP contribution in [0.1, 0.15) is 62.8 Å². The van der Waals surface area contributed by atoms with Gasteiger partial charge in [0.2, 0.25) is 0 Å². The molecule has 1 aliphatic heterocycles. The maximum atomic E-state index is 13.9. The molecule has 1 aliphatic rings. The summed E-state index contributed by atoms with van der Waals surface area (Å²) in [6.07, 6.45) is 8.51. The zero-order chi connectivity index (χ0) is 23.2. The van der Waals surface area contributed by atoms with Crippen LogP contribution in [0.15, 0.2) is 34.2 Å². The van der Waals surface area contributed by atoms with Gasteiger partial charge in [-0.2, -0.15) is 0 Å². The SMILES string of the molecule is CCCCCCCCSc1nc2sc3c(c2c(=O)n1-c1ccc(OC)cc1)CCN(CC)C3. The van der Waals surface area contributed by atoms with Crippen molar-refractivity contribution in [2.24, 2.45) is 0 Å². The summed E-state index contributed by atoms with van der Waals surface area (Å²) in [5, 5.41) is 1.63. The van der Waals surface area contributed by atoms with E-state index in [9.17, 15) is 4.79 Å². The van der Waals surface area contributed by atoms with E-state index in [-0.39, 0.29) is 5.56 Å². The molecule has 0 unspecified atom stereocenters. The third-order valence-corrected chi connectivity index (χ3v) is 8.57. The van der Waals surface area contributed by atoms with Gasteiger partial charge < -0.3 is 4.74 Å². The predicted molar refractivity (Wildman–Crippen MR) is 141 cm³/mol. The first kappa shape index (κ1) is 24.3. The fourth-order valence-electron chi connectivity index (χ4n) is 4.45. The van der Waals surface area contributed by atoms with Crippen LogP contribution in [0.25, 0.3) is 15.9 Å². The van der Waals surface area contributed by atoms with E-state index < -0.39 is 0 Å². The molecule has 33 heavy (non-hydrogen) atoms. The van der Waals surface area contributed by atoms with Crippen LogP contribution < -0.4 is 10.3 Å². The number of rotatable bonds is 11. The van der Waals surface area contributed by atoms with Crippen LogP contribution in [0.2, 0.25) is 0 Å². The lowest BCUT2D eigenvalue weighted by molar-refractivity contribution is 0.272. The Balaban J connectivity index is 1.67. The summed E-state index contributed by atoms with van der Waals surface area (Å²) in [6.45, 7) is 7.42. The van der Waals surface area contributed by atoms with Gasteiger partial charge >= 0.3 is 0 Å². The summed E-state index contributed by atoms with van der Waals surface area (Å²) >= 11 is 3.42. The second-order valence-electron chi connectivity index (χ2n) is 8.65. The van der Waals surface area contributed by atoms with Crippen LogP contribution in [0.5, 0.6) is 5.75 Å². The number of thioether (sulfide) groups is 1. The van der Waals surface area contributed by atoms with Crippen LogP contribution in [0, 0.1) is 0 Å². The zero-order valence-electron chi connectivity index (χ0n) is 20.1. The van der Waals surface area contributed by atoms with Gasteiger partial charge in [-0.3, -0.25) is 14.3 Å². The maximum Gasteiger partial charge on any atom is 0.267 e. The maximum absolute atomic E-state index is 13.9. The van der Waals surface area contributed by atoms with Crippen LogP contribution in [-0.4, -0.2) is 40.4 Å². The lowest BCUT2D eigenvalue weighted by atomic mass is 10.1. The number of benzene rings is 1. The van der Waals surface area contributed by atoms with Crippen molar-refractivity contribution in [2.45, 2.75) is 70.5 Å². The standard InChI is InChI=1S/C26H35N3O2S2/c1-4-6-7-8-9-10-17-32-26-27-24-23(21-15-16-28(5-2)18-22(21)33-24)25(30)29(26)19-11-13-20(31-3)14-12-19/h11-14H,4-10,15-18H2,1-3H3. The normalized spacial score (nSPS) is 14.0. The minimum atomic E-state index is 0.0676. The zero-order valence-corrected chi connectivity index (χ0v) is 21.7. The lowest BCUT2D eigenvalue weighted by Crippen LogP contribution is -2.30. The Labute approximate surface area is 205 Å². The smallest absolute Gasteiger partial charge is 0.267 e. The summed E-state index contributed by atoms with van der Waals surface area (Å²) < 4.78 is 7.15. The molecule has 5 nitrogen and oxygen atoms in total.